The summed E-state index contributed by atoms with van der Waals surface area (Å²) in [4.78, 5) is 14.7. The van der Waals surface area contributed by atoms with Crippen molar-refractivity contribution in [1.29, 1.82) is 0 Å². The number of benzene rings is 7. The van der Waals surface area contributed by atoms with Crippen LogP contribution in [0.4, 0.5) is 0 Å². The molecule has 4 heterocycles. The Morgan fingerprint density at radius 3 is 1.90 bits per heavy atom. The highest BCUT2D eigenvalue weighted by molar-refractivity contribution is 7.26. The highest BCUT2D eigenvalue weighted by atomic mass is 32.1. The van der Waals surface area contributed by atoms with E-state index in [1.165, 1.54) is 10.8 Å². The second kappa shape index (κ2) is 11.2. The van der Waals surface area contributed by atoms with Gasteiger partial charge in [-0.05, 0) is 48.5 Å². The van der Waals surface area contributed by atoms with Crippen LogP contribution < -0.4 is 0 Å². The van der Waals surface area contributed by atoms with Crippen LogP contribution in [0, 0.1) is 0 Å². The Morgan fingerprint density at radius 2 is 1.10 bits per heavy atom. The van der Waals surface area contributed by atoms with Crippen molar-refractivity contribution in [1.82, 2.24) is 19.5 Å². The van der Waals surface area contributed by atoms with E-state index < -0.39 is 18.1 Å². The van der Waals surface area contributed by atoms with Gasteiger partial charge in [-0.2, -0.15) is 0 Å². The van der Waals surface area contributed by atoms with Crippen LogP contribution in [-0.4, -0.2) is 19.5 Å². The summed E-state index contributed by atoms with van der Waals surface area (Å²) in [6.45, 7) is 0. The molecule has 0 atom stereocenters. The van der Waals surface area contributed by atoms with E-state index in [-0.39, 0.29) is 23.5 Å². The summed E-state index contributed by atoms with van der Waals surface area (Å²) in [5, 5.41) is 6.88. The highest BCUT2D eigenvalue weighted by Gasteiger charge is 2.18. The van der Waals surface area contributed by atoms with Gasteiger partial charge in [0.05, 0.1) is 17.9 Å². The first-order valence-electron chi connectivity index (χ1n) is 19.0. The van der Waals surface area contributed by atoms with Crippen molar-refractivity contribution in [3.8, 4) is 39.9 Å². The van der Waals surface area contributed by atoms with Crippen LogP contribution in [0.2, 0.25) is 0 Å². The molecule has 0 amide bonds. The summed E-state index contributed by atoms with van der Waals surface area (Å²) < 4.78 is 49.2. The summed E-state index contributed by atoms with van der Waals surface area (Å²) >= 11 is 3.34. The normalized spacial score (nSPS) is 13.3. The van der Waals surface area contributed by atoms with Crippen LogP contribution in [0.5, 0.6) is 0 Å². The van der Waals surface area contributed by atoms with Crippen LogP contribution in [0.25, 0.3) is 102 Å². The van der Waals surface area contributed by atoms with Gasteiger partial charge in [0.1, 0.15) is 0 Å². The molecule has 0 N–H and O–H groups in total. The summed E-state index contributed by atoms with van der Waals surface area (Å²) in [5.74, 6) is 0.730. The molecular weight excluding hydrogens is 661 g/mol. The molecule has 0 fully saturated rings. The van der Waals surface area contributed by atoms with Crippen molar-refractivity contribution in [2.45, 2.75) is 0 Å². The SMILES string of the molecule is [2H]c1c([2H])c([2H])c(-c2nc(-c3ccc4c(c3)sc3ccc(-n5c6ccccc6c6ccccc65)cc34)nc(-c3cccc4c3sc3ccccc34)n2)c([2H])c1[2H]. The second-order valence-electron chi connectivity index (χ2n) is 12.4. The van der Waals surface area contributed by atoms with E-state index in [0.717, 1.165) is 68.2 Å². The number of hydrogen-bond acceptors (Lipinski definition) is 5. The third-order valence-corrected chi connectivity index (χ3v) is 11.9. The molecule has 51 heavy (non-hydrogen) atoms. The van der Waals surface area contributed by atoms with Crippen molar-refractivity contribution in [2.24, 2.45) is 0 Å². The zero-order valence-corrected chi connectivity index (χ0v) is 28.4. The molecule has 0 bridgehead atoms. The van der Waals surface area contributed by atoms with Crippen LogP contribution >= 0.6 is 22.7 Å². The lowest BCUT2D eigenvalue weighted by Crippen LogP contribution is -2.00. The standard InChI is InChI=1S/C45H26N4S2/c1-2-11-27(12-3-1)43-46-44(48-45(47-43)35-17-10-16-34-32-15-6-9-20-39(32)51-42(34)35)28-21-23-33-36-26-29(22-24-40(36)50-41(33)25-28)49-37-18-7-4-13-30(37)31-14-5-8-19-38(31)49/h1-26H/i1D,2D,3D,11D,12D. The maximum absolute atomic E-state index is 8.78. The lowest BCUT2D eigenvalue weighted by molar-refractivity contribution is 1.08. The predicted octanol–water partition coefficient (Wildman–Crippen LogP) is 12.7. The minimum atomic E-state index is -0.468. The summed E-state index contributed by atoms with van der Waals surface area (Å²) in [7, 11) is 0. The molecule has 0 saturated heterocycles. The number of hydrogen-bond donors (Lipinski definition) is 0. The number of fused-ring (bicyclic) bond motifs is 9. The van der Waals surface area contributed by atoms with Gasteiger partial charge >= 0.3 is 0 Å². The third-order valence-electron chi connectivity index (χ3n) is 9.56. The Labute approximate surface area is 307 Å². The third kappa shape index (κ3) is 4.47. The van der Waals surface area contributed by atoms with Gasteiger partial charge in [-0.25, -0.2) is 15.0 Å². The van der Waals surface area contributed by atoms with Crippen LogP contribution in [0.1, 0.15) is 6.85 Å². The van der Waals surface area contributed by atoms with Gasteiger partial charge in [0, 0.05) is 73.5 Å². The Kier molecular flexibility index (Phi) is 5.25. The highest BCUT2D eigenvalue weighted by Crippen LogP contribution is 2.41. The Balaban J connectivity index is 1.11. The minimum absolute atomic E-state index is 0.0207. The zero-order valence-electron chi connectivity index (χ0n) is 31.7. The maximum Gasteiger partial charge on any atom is 0.165 e. The summed E-state index contributed by atoms with van der Waals surface area (Å²) in [6, 6.07) is 42.0. The van der Waals surface area contributed by atoms with Gasteiger partial charge in [0.2, 0.25) is 0 Å². The molecule has 0 radical (unpaired) electrons. The largest absolute Gasteiger partial charge is 0.309 e. The van der Waals surface area contributed by atoms with Crippen molar-refractivity contribution < 1.29 is 6.85 Å². The smallest absolute Gasteiger partial charge is 0.165 e. The Hall–Kier alpha value is -6.21. The van der Waals surface area contributed by atoms with E-state index in [0.29, 0.717) is 11.6 Å². The molecule has 0 aliphatic rings. The van der Waals surface area contributed by atoms with E-state index >= 15 is 0 Å². The monoisotopic (exact) mass is 691 g/mol. The van der Waals surface area contributed by atoms with E-state index in [9.17, 15) is 0 Å². The molecule has 4 aromatic heterocycles. The van der Waals surface area contributed by atoms with Gasteiger partial charge < -0.3 is 4.57 Å². The van der Waals surface area contributed by atoms with Crippen molar-refractivity contribution >= 4 is 84.8 Å². The van der Waals surface area contributed by atoms with Crippen molar-refractivity contribution in [3.63, 3.8) is 0 Å². The van der Waals surface area contributed by atoms with Crippen LogP contribution in [0.15, 0.2) is 158 Å². The van der Waals surface area contributed by atoms with Crippen molar-refractivity contribution in [3.05, 3.63) is 158 Å². The quantitative estimate of drug-likeness (QED) is 0.184. The molecule has 0 aliphatic heterocycles. The van der Waals surface area contributed by atoms with Crippen LogP contribution in [0.3, 0.4) is 0 Å². The average Bonchev–Trinajstić information content (AvgIpc) is 3.91. The number of rotatable bonds is 4. The average molecular weight is 692 g/mol. The Morgan fingerprint density at radius 1 is 0.451 bits per heavy atom. The minimum Gasteiger partial charge on any atom is -0.309 e. The lowest BCUT2D eigenvalue weighted by Gasteiger charge is -2.09. The molecule has 0 saturated carbocycles. The predicted molar refractivity (Wildman–Crippen MR) is 216 cm³/mol. The van der Waals surface area contributed by atoms with Crippen LogP contribution in [-0.2, 0) is 0 Å². The number of aromatic nitrogens is 4. The fourth-order valence-electron chi connectivity index (χ4n) is 7.27. The molecule has 11 rings (SSSR count). The van der Waals surface area contributed by atoms with Gasteiger partial charge in [-0.15, -0.1) is 22.7 Å². The first kappa shape index (κ1) is 24.0. The summed E-state index contributed by atoms with van der Waals surface area (Å²) in [5.41, 5.74) is 4.84. The molecule has 6 heteroatoms. The molecule has 0 spiro atoms. The molecule has 0 aliphatic carbocycles. The first-order chi connectivity index (χ1) is 27.3. The number of thiophene rings is 2. The molecule has 11 aromatic rings. The van der Waals surface area contributed by atoms with Gasteiger partial charge in [0.25, 0.3) is 0 Å². The molecule has 238 valence electrons. The molecule has 7 aromatic carbocycles. The van der Waals surface area contributed by atoms with Gasteiger partial charge in [-0.3, -0.25) is 0 Å². The number of nitrogens with zero attached hydrogens (tertiary/aromatic N) is 4. The van der Waals surface area contributed by atoms with Crippen molar-refractivity contribution in [2.75, 3.05) is 0 Å². The molecule has 4 nitrogen and oxygen atoms in total. The fraction of sp³-hybridized carbons (Fsp3) is 0. The number of para-hydroxylation sites is 2. The summed E-state index contributed by atoms with van der Waals surface area (Å²) in [6.07, 6.45) is 0. The maximum atomic E-state index is 8.78. The second-order valence-corrected chi connectivity index (χ2v) is 14.6. The van der Waals surface area contributed by atoms with Gasteiger partial charge in [0.15, 0.2) is 17.5 Å². The molecular formula is C45H26N4S2. The molecule has 0 unspecified atom stereocenters. The van der Waals surface area contributed by atoms with E-state index in [1.54, 1.807) is 22.7 Å². The van der Waals surface area contributed by atoms with E-state index in [4.69, 9.17) is 21.8 Å². The van der Waals surface area contributed by atoms with E-state index in [1.807, 2.05) is 30.3 Å². The zero-order chi connectivity index (χ0) is 37.8. The van der Waals surface area contributed by atoms with E-state index in [2.05, 4.69) is 102 Å². The van der Waals surface area contributed by atoms with Gasteiger partial charge in [-0.1, -0.05) is 109 Å². The fourth-order valence-corrected chi connectivity index (χ4v) is 9.60. The first-order valence-corrected chi connectivity index (χ1v) is 18.2. The topological polar surface area (TPSA) is 43.6 Å². The Bertz CT molecular complexity index is 3380. The lowest BCUT2D eigenvalue weighted by atomic mass is 10.1.